The number of nitrogens with two attached hydrogens (primary N) is 1. The van der Waals surface area contributed by atoms with Gasteiger partial charge in [-0.25, -0.2) is 0 Å². The molecule has 3 nitrogen and oxygen atoms in total. The molecule has 0 amide bonds. The average Bonchev–Trinajstić information content (AvgIpc) is 2.39. The number of likely N-dealkylation sites (tertiary alicyclic amines) is 1. The molecule has 1 aliphatic carbocycles. The molecule has 0 radical (unpaired) electrons. The fourth-order valence-electron chi connectivity index (χ4n) is 2.83. The van der Waals surface area contributed by atoms with E-state index in [0.29, 0.717) is 6.54 Å². The van der Waals surface area contributed by atoms with Crippen LogP contribution in [0.5, 0.6) is 0 Å². The van der Waals surface area contributed by atoms with Crippen molar-refractivity contribution in [2.24, 2.45) is 5.73 Å². The summed E-state index contributed by atoms with van der Waals surface area (Å²) in [5.41, 5.74) is 6.66. The van der Waals surface area contributed by atoms with Gasteiger partial charge in [0.2, 0.25) is 0 Å². The van der Waals surface area contributed by atoms with Crippen LogP contribution in [0.2, 0.25) is 0 Å². The lowest BCUT2D eigenvalue weighted by Crippen LogP contribution is -2.48. The van der Waals surface area contributed by atoms with E-state index in [1.807, 2.05) is 0 Å². The fourth-order valence-corrected chi connectivity index (χ4v) is 2.83. The molecule has 98 valence electrons. The molecule has 1 saturated heterocycles. The zero-order chi connectivity index (χ0) is 12.1. The molecule has 0 aromatic rings. The van der Waals surface area contributed by atoms with Crippen molar-refractivity contribution >= 4 is 0 Å². The zero-order valence-electron chi connectivity index (χ0n) is 10.8. The summed E-state index contributed by atoms with van der Waals surface area (Å²) in [4.78, 5) is 2.47. The summed E-state index contributed by atoms with van der Waals surface area (Å²) in [5.74, 6) is 0. The van der Waals surface area contributed by atoms with Gasteiger partial charge in [0.15, 0.2) is 0 Å². The molecule has 0 unspecified atom stereocenters. The largest absolute Gasteiger partial charge is 0.388 e. The highest BCUT2D eigenvalue weighted by Gasteiger charge is 2.30. The van der Waals surface area contributed by atoms with Gasteiger partial charge in [-0.3, -0.25) is 0 Å². The standard InChI is InChI=1S/C14H26N2O/c15-12-14(17)7-10-16(11-8-14)9-6-13-4-2-1-3-5-13/h4,17H,1-3,5-12,15H2. The smallest absolute Gasteiger partial charge is 0.0793 e. The Morgan fingerprint density at radius 2 is 2.06 bits per heavy atom. The second-order valence-corrected chi connectivity index (χ2v) is 5.63. The summed E-state index contributed by atoms with van der Waals surface area (Å²) in [6, 6.07) is 0. The van der Waals surface area contributed by atoms with Crippen molar-refractivity contribution in [3.8, 4) is 0 Å². The van der Waals surface area contributed by atoms with Crippen molar-refractivity contribution in [2.45, 2.75) is 50.5 Å². The Morgan fingerprint density at radius 1 is 1.29 bits per heavy atom. The molecule has 3 N–H and O–H groups in total. The first kappa shape index (κ1) is 13.1. The maximum Gasteiger partial charge on any atom is 0.0793 e. The number of hydrogen-bond acceptors (Lipinski definition) is 3. The summed E-state index contributed by atoms with van der Waals surface area (Å²) in [5, 5.41) is 10.1. The van der Waals surface area contributed by atoms with Crippen LogP contribution in [-0.4, -0.2) is 41.8 Å². The third kappa shape index (κ3) is 3.80. The van der Waals surface area contributed by atoms with E-state index < -0.39 is 5.60 Å². The van der Waals surface area contributed by atoms with E-state index in [1.54, 1.807) is 5.57 Å². The van der Waals surface area contributed by atoms with Gasteiger partial charge in [0, 0.05) is 26.2 Å². The van der Waals surface area contributed by atoms with E-state index in [9.17, 15) is 5.11 Å². The third-order valence-corrected chi connectivity index (χ3v) is 4.30. The molecule has 1 aliphatic heterocycles. The Hall–Kier alpha value is -0.380. The summed E-state index contributed by atoms with van der Waals surface area (Å²) < 4.78 is 0. The number of rotatable bonds is 4. The van der Waals surface area contributed by atoms with Crippen molar-refractivity contribution in [3.63, 3.8) is 0 Å². The fraction of sp³-hybridized carbons (Fsp3) is 0.857. The first-order chi connectivity index (χ1) is 8.22. The van der Waals surface area contributed by atoms with Gasteiger partial charge in [-0.2, -0.15) is 0 Å². The van der Waals surface area contributed by atoms with Gasteiger partial charge in [0.25, 0.3) is 0 Å². The quantitative estimate of drug-likeness (QED) is 0.732. The van der Waals surface area contributed by atoms with Crippen LogP contribution in [0.3, 0.4) is 0 Å². The van der Waals surface area contributed by atoms with E-state index in [2.05, 4.69) is 11.0 Å². The van der Waals surface area contributed by atoms with Gasteiger partial charge in [-0.15, -0.1) is 0 Å². The van der Waals surface area contributed by atoms with Crippen molar-refractivity contribution < 1.29 is 5.11 Å². The van der Waals surface area contributed by atoms with Crippen LogP contribution in [0, 0.1) is 0 Å². The predicted molar refractivity (Wildman–Crippen MR) is 70.8 cm³/mol. The van der Waals surface area contributed by atoms with Crippen molar-refractivity contribution in [2.75, 3.05) is 26.2 Å². The van der Waals surface area contributed by atoms with Crippen LogP contribution in [0.1, 0.15) is 44.9 Å². The Kier molecular flexibility index (Phi) is 4.60. The molecule has 2 aliphatic rings. The van der Waals surface area contributed by atoms with Gasteiger partial charge in [0.05, 0.1) is 5.60 Å². The second-order valence-electron chi connectivity index (χ2n) is 5.63. The molecular weight excluding hydrogens is 212 g/mol. The van der Waals surface area contributed by atoms with Gasteiger partial charge >= 0.3 is 0 Å². The van der Waals surface area contributed by atoms with E-state index >= 15 is 0 Å². The number of aliphatic hydroxyl groups is 1. The Labute approximate surface area is 105 Å². The first-order valence-electron chi connectivity index (χ1n) is 7.05. The lowest BCUT2D eigenvalue weighted by atomic mass is 9.91. The summed E-state index contributed by atoms with van der Waals surface area (Å²) in [6.45, 7) is 3.57. The van der Waals surface area contributed by atoms with Crippen LogP contribution < -0.4 is 5.73 Å². The summed E-state index contributed by atoms with van der Waals surface area (Å²) >= 11 is 0. The maximum absolute atomic E-state index is 10.1. The highest BCUT2D eigenvalue weighted by Crippen LogP contribution is 2.23. The van der Waals surface area contributed by atoms with E-state index in [-0.39, 0.29) is 0 Å². The van der Waals surface area contributed by atoms with Crippen LogP contribution in [0.15, 0.2) is 11.6 Å². The van der Waals surface area contributed by atoms with Gasteiger partial charge in [0.1, 0.15) is 0 Å². The van der Waals surface area contributed by atoms with Crippen LogP contribution in [0.4, 0.5) is 0 Å². The normalized spacial score (nSPS) is 25.6. The Bertz CT molecular complexity index is 267. The van der Waals surface area contributed by atoms with Crippen molar-refractivity contribution in [3.05, 3.63) is 11.6 Å². The lowest BCUT2D eigenvalue weighted by Gasteiger charge is -2.37. The molecule has 1 fully saturated rings. The van der Waals surface area contributed by atoms with Crippen molar-refractivity contribution in [1.29, 1.82) is 0 Å². The minimum absolute atomic E-state index is 0.409. The molecule has 0 saturated carbocycles. The molecule has 1 heterocycles. The molecule has 0 atom stereocenters. The molecule has 2 rings (SSSR count). The second kappa shape index (κ2) is 5.98. The molecule has 0 aromatic carbocycles. The average molecular weight is 238 g/mol. The number of allylic oxidation sites excluding steroid dienone is 1. The Balaban J connectivity index is 1.69. The zero-order valence-corrected chi connectivity index (χ0v) is 10.8. The third-order valence-electron chi connectivity index (χ3n) is 4.30. The van der Waals surface area contributed by atoms with E-state index in [1.165, 1.54) is 32.1 Å². The first-order valence-corrected chi connectivity index (χ1v) is 7.05. The van der Waals surface area contributed by atoms with Crippen LogP contribution in [0.25, 0.3) is 0 Å². The summed E-state index contributed by atoms with van der Waals surface area (Å²) in [6.07, 6.45) is 10.7. The van der Waals surface area contributed by atoms with E-state index in [4.69, 9.17) is 5.73 Å². The monoisotopic (exact) mass is 238 g/mol. The molecule has 0 aromatic heterocycles. The molecule has 0 bridgehead atoms. The van der Waals surface area contributed by atoms with Crippen LogP contribution >= 0.6 is 0 Å². The number of nitrogens with zero attached hydrogens (tertiary/aromatic N) is 1. The SMILES string of the molecule is NCC1(O)CCN(CCC2=CCCCC2)CC1. The highest BCUT2D eigenvalue weighted by molar-refractivity contribution is 5.05. The number of hydrogen-bond donors (Lipinski definition) is 2. The topological polar surface area (TPSA) is 49.5 Å². The maximum atomic E-state index is 10.1. The summed E-state index contributed by atoms with van der Waals surface area (Å²) in [7, 11) is 0. The van der Waals surface area contributed by atoms with Crippen molar-refractivity contribution in [1.82, 2.24) is 4.90 Å². The highest BCUT2D eigenvalue weighted by atomic mass is 16.3. The predicted octanol–water partition coefficient (Wildman–Crippen LogP) is 1.66. The molecule has 3 heteroatoms. The molecular formula is C14H26N2O. The Morgan fingerprint density at radius 3 is 2.65 bits per heavy atom. The molecule has 17 heavy (non-hydrogen) atoms. The van der Waals surface area contributed by atoms with E-state index in [0.717, 1.165) is 32.5 Å². The minimum atomic E-state index is -0.583. The van der Waals surface area contributed by atoms with Gasteiger partial charge in [-0.1, -0.05) is 11.6 Å². The minimum Gasteiger partial charge on any atom is -0.388 e. The van der Waals surface area contributed by atoms with Gasteiger partial charge < -0.3 is 15.7 Å². The number of piperidine rings is 1. The lowest BCUT2D eigenvalue weighted by molar-refractivity contribution is -0.0131. The molecule has 0 spiro atoms. The van der Waals surface area contributed by atoms with Gasteiger partial charge in [-0.05, 0) is 44.9 Å². The van der Waals surface area contributed by atoms with Crippen LogP contribution in [-0.2, 0) is 0 Å².